The normalized spacial score (nSPS) is 10.8. The van der Waals surface area contributed by atoms with Gasteiger partial charge in [-0.25, -0.2) is 4.39 Å². The topological polar surface area (TPSA) is 40.5 Å². The SMILES string of the molecule is CCN(CCC(=O)O)Cc1cccc(Cl)c1F. The summed E-state index contributed by atoms with van der Waals surface area (Å²) >= 11 is 5.68. The van der Waals surface area contributed by atoms with E-state index in [1.54, 1.807) is 12.1 Å². The van der Waals surface area contributed by atoms with Crippen LogP contribution in [0.2, 0.25) is 5.02 Å². The highest BCUT2D eigenvalue weighted by molar-refractivity contribution is 6.30. The fraction of sp³-hybridized carbons (Fsp3) is 0.417. The average Bonchev–Trinajstić information content (AvgIpc) is 2.29. The number of benzene rings is 1. The lowest BCUT2D eigenvalue weighted by atomic mass is 10.2. The van der Waals surface area contributed by atoms with Gasteiger partial charge in [-0.1, -0.05) is 30.7 Å². The predicted molar refractivity (Wildman–Crippen MR) is 64.6 cm³/mol. The average molecular weight is 260 g/mol. The van der Waals surface area contributed by atoms with E-state index in [0.29, 0.717) is 25.2 Å². The van der Waals surface area contributed by atoms with Crippen molar-refractivity contribution in [3.63, 3.8) is 0 Å². The highest BCUT2D eigenvalue weighted by atomic mass is 35.5. The molecule has 1 aromatic carbocycles. The minimum Gasteiger partial charge on any atom is -0.481 e. The van der Waals surface area contributed by atoms with Gasteiger partial charge in [0.1, 0.15) is 5.82 Å². The minimum atomic E-state index is -0.852. The van der Waals surface area contributed by atoms with E-state index >= 15 is 0 Å². The van der Waals surface area contributed by atoms with Crippen molar-refractivity contribution in [1.29, 1.82) is 0 Å². The molecule has 0 radical (unpaired) electrons. The molecule has 0 bridgehead atoms. The first kappa shape index (κ1) is 13.9. The number of rotatable bonds is 6. The Morgan fingerprint density at radius 3 is 2.82 bits per heavy atom. The van der Waals surface area contributed by atoms with Crippen molar-refractivity contribution in [3.05, 3.63) is 34.6 Å². The molecular formula is C12H15ClFNO2. The van der Waals surface area contributed by atoms with Crippen LogP contribution in [0.4, 0.5) is 4.39 Å². The molecule has 0 aliphatic carbocycles. The summed E-state index contributed by atoms with van der Waals surface area (Å²) in [5, 5.41) is 8.70. The molecule has 1 N–H and O–H groups in total. The van der Waals surface area contributed by atoms with E-state index in [-0.39, 0.29) is 11.4 Å². The van der Waals surface area contributed by atoms with Crippen LogP contribution < -0.4 is 0 Å². The molecule has 1 aromatic rings. The quantitative estimate of drug-likeness (QED) is 0.854. The zero-order valence-electron chi connectivity index (χ0n) is 9.62. The second-order valence-electron chi connectivity index (χ2n) is 3.73. The monoisotopic (exact) mass is 259 g/mol. The van der Waals surface area contributed by atoms with Crippen LogP contribution in [0.3, 0.4) is 0 Å². The standard InChI is InChI=1S/C12H15ClFNO2/c1-2-15(7-6-11(16)17)8-9-4-3-5-10(13)12(9)14/h3-5H,2,6-8H2,1H3,(H,16,17). The van der Waals surface area contributed by atoms with Gasteiger partial charge >= 0.3 is 5.97 Å². The molecule has 5 heteroatoms. The van der Waals surface area contributed by atoms with Crippen molar-refractivity contribution >= 4 is 17.6 Å². The smallest absolute Gasteiger partial charge is 0.304 e. The summed E-state index contributed by atoms with van der Waals surface area (Å²) in [7, 11) is 0. The van der Waals surface area contributed by atoms with Gasteiger partial charge in [0.05, 0.1) is 11.4 Å². The molecular weight excluding hydrogens is 245 g/mol. The van der Waals surface area contributed by atoms with Gasteiger partial charge in [0.25, 0.3) is 0 Å². The fourth-order valence-electron chi connectivity index (χ4n) is 1.51. The number of halogens is 2. The van der Waals surface area contributed by atoms with Gasteiger partial charge < -0.3 is 5.11 Å². The molecule has 0 aliphatic rings. The van der Waals surface area contributed by atoms with Crippen LogP contribution in [0.25, 0.3) is 0 Å². The predicted octanol–water partition coefficient (Wildman–Crippen LogP) is 2.78. The number of carbonyl (C=O) groups is 1. The summed E-state index contributed by atoms with van der Waals surface area (Å²) in [5.74, 6) is -1.28. The molecule has 3 nitrogen and oxygen atoms in total. The Hall–Kier alpha value is -1.13. The molecule has 0 aliphatic heterocycles. The Balaban J connectivity index is 2.67. The third kappa shape index (κ3) is 4.32. The zero-order valence-corrected chi connectivity index (χ0v) is 10.4. The fourth-order valence-corrected chi connectivity index (χ4v) is 1.71. The molecule has 0 saturated carbocycles. The molecule has 0 fully saturated rings. The summed E-state index contributed by atoms with van der Waals surface area (Å²) in [6.45, 7) is 3.34. The number of nitrogens with zero attached hydrogens (tertiary/aromatic N) is 1. The lowest BCUT2D eigenvalue weighted by Crippen LogP contribution is -2.26. The van der Waals surface area contributed by atoms with Crippen LogP contribution in [0.15, 0.2) is 18.2 Å². The number of aliphatic carboxylic acids is 1. The summed E-state index contributed by atoms with van der Waals surface area (Å²) in [6, 6.07) is 4.84. The molecule has 0 amide bonds. The second-order valence-corrected chi connectivity index (χ2v) is 4.13. The van der Waals surface area contributed by atoms with Crippen LogP contribution in [-0.4, -0.2) is 29.1 Å². The maximum atomic E-state index is 13.6. The first-order valence-corrected chi connectivity index (χ1v) is 5.79. The van der Waals surface area contributed by atoms with Crippen LogP contribution >= 0.6 is 11.6 Å². The number of hydrogen-bond donors (Lipinski definition) is 1. The molecule has 94 valence electrons. The van der Waals surface area contributed by atoms with Gasteiger partial charge in [0, 0.05) is 18.7 Å². The molecule has 0 heterocycles. The van der Waals surface area contributed by atoms with Crippen molar-refractivity contribution in [3.8, 4) is 0 Å². The molecule has 0 atom stereocenters. The van der Waals surface area contributed by atoms with Crippen LogP contribution in [0.1, 0.15) is 18.9 Å². The van der Waals surface area contributed by atoms with Crippen molar-refractivity contribution in [2.24, 2.45) is 0 Å². The van der Waals surface area contributed by atoms with Gasteiger partial charge in [-0.2, -0.15) is 0 Å². The summed E-state index contributed by atoms with van der Waals surface area (Å²) in [5.41, 5.74) is 0.490. The van der Waals surface area contributed by atoms with Gasteiger partial charge in [-0.05, 0) is 12.6 Å². The Bertz CT molecular complexity index is 398. The molecule has 0 unspecified atom stereocenters. The number of carboxylic acids is 1. The van der Waals surface area contributed by atoms with Crippen molar-refractivity contribution < 1.29 is 14.3 Å². The third-order valence-electron chi connectivity index (χ3n) is 2.51. The molecule has 0 aromatic heterocycles. The Morgan fingerprint density at radius 1 is 1.53 bits per heavy atom. The van der Waals surface area contributed by atoms with E-state index < -0.39 is 11.8 Å². The number of carboxylic acid groups (broad SMARTS) is 1. The lowest BCUT2D eigenvalue weighted by molar-refractivity contribution is -0.137. The van der Waals surface area contributed by atoms with Crippen LogP contribution in [0, 0.1) is 5.82 Å². The van der Waals surface area contributed by atoms with Gasteiger partial charge in [0.2, 0.25) is 0 Å². The number of hydrogen-bond acceptors (Lipinski definition) is 2. The Kier molecular flexibility index (Phi) is 5.38. The first-order chi connectivity index (χ1) is 8.04. The van der Waals surface area contributed by atoms with E-state index in [4.69, 9.17) is 16.7 Å². The van der Waals surface area contributed by atoms with Crippen molar-refractivity contribution in [2.45, 2.75) is 19.9 Å². The zero-order chi connectivity index (χ0) is 12.8. The Morgan fingerprint density at radius 2 is 2.24 bits per heavy atom. The van der Waals surface area contributed by atoms with Gasteiger partial charge in [-0.15, -0.1) is 0 Å². The Labute approximate surface area is 105 Å². The summed E-state index contributed by atoms with van der Waals surface area (Å²) < 4.78 is 13.6. The van der Waals surface area contributed by atoms with E-state index in [1.807, 2.05) is 11.8 Å². The lowest BCUT2D eigenvalue weighted by Gasteiger charge is -2.19. The van der Waals surface area contributed by atoms with Crippen LogP contribution in [0.5, 0.6) is 0 Å². The maximum Gasteiger partial charge on any atom is 0.304 e. The highest BCUT2D eigenvalue weighted by Gasteiger charge is 2.11. The summed E-state index contributed by atoms with van der Waals surface area (Å²) in [4.78, 5) is 12.3. The molecule has 0 spiro atoms. The molecule has 0 saturated heterocycles. The molecule has 1 rings (SSSR count). The van der Waals surface area contributed by atoms with E-state index in [9.17, 15) is 9.18 Å². The second kappa shape index (κ2) is 6.57. The van der Waals surface area contributed by atoms with E-state index in [1.165, 1.54) is 6.07 Å². The van der Waals surface area contributed by atoms with Crippen LogP contribution in [-0.2, 0) is 11.3 Å². The third-order valence-corrected chi connectivity index (χ3v) is 2.81. The maximum absolute atomic E-state index is 13.6. The minimum absolute atomic E-state index is 0.0516. The van der Waals surface area contributed by atoms with Crippen molar-refractivity contribution in [2.75, 3.05) is 13.1 Å². The molecule has 17 heavy (non-hydrogen) atoms. The van der Waals surface area contributed by atoms with Gasteiger partial charge in [-0.3, -0.25) is 9.69 Å². The van der Waals surface area contributed by atoms with E-state index in [0.717, 1.165) is 0 Å². The highest BCUT2D eigenvalue weighted by Crippen LogP contribution is 2.19. The largest absolute Gasteiger partial charge is 0.481 e. The first-order valence-electron chi connectivity index (χ1n) is 5.41. The summed E-state index contributed by atoms with van der Waals surface area (Å²) in [6.07, 6.45) is 0.0516. The van der Waals surface area contributed by atoms with Crippen molar-refractivity contribution in [1.82, 2.24) is 4.90 Å². The van der Waals surface area contributed by atoms with Gasteiger partial charge in [0.15, 0.2) is 0 Å². The van der Waals surface area contributed by atoms with E-state index in [2.05, 4.69) is 0 Å².